The molecule has 19 heavy (non-hydrogen) atoms. The molecule has 2 aromatic heterocycles. The number of para-hydroxylation sites is 1. The number of hydrogen-bond donors (Lipinski definition) is 1. The molecule has 3 heterocycles. The van der Waals surface area contributed by atoms with Gasteiger partial charge in [-0.25, -0.2) is 4.98 Å². The second-order valence-electron chi connectivity index (χ2n) is 5.16. The molecule has 1 N–H and O–H groups in total. The van der Waals surface area contributed by atoms with Crippen LogP contribution in [0.5, 0.6) is 0 Å². The van der Waals surface area contributed by atoms with Gasteiger partial charge in [-0.3, -0.25) is 4.90 Å². The summed E-state index contributed by atoms with van der Waals surface area (Å²) in [6.07, 6.45) is 2.14. The number of benzene rings is 1. The van der Waals surface area contributed by atoms with Gasteiger partial charge in [0.05, 0.1) is 11.2 Å². The van der Waals surface area contributed by atoms with Crippen molar-refractivity contribution in [1.29, 1.82) is 0 Å². The van der Waals surface area contributed by atoms with E-state index in [2.05, 4.69) is 50.7 Å². The zero-order valence-electron chi connectivity index (χ0n) is 10.5. The number of fused-ring (bicyclic) bond motifs is 1. The van der Waals surface area contributed by atoms with Crippen LogP contribution in [-0.4, -0.2) is 28.0 Å². The number of likely N-dealkylation sites (tertiary alicyclic amines) is 1. The summed E-state index contributed by atoms with van der Waals surface area (Å²) in [5.41, 5.74) is 5.82. The van der Waals surface area contributed by atoms with Gasteiger partial charge in [0.15, 0.2) is 0 Å². The molecule has 1 aliphatic heterocycles. The molecular formula is C15H15N3S. The van der Waals surface area contributed by atoms with Crippen LogP contribution >= 0.6 is 11.3 Å². The quantitative estimate of drug-likeness (QED) is 0.791. The van der Waals surface area contributed by atoms with Gasteiger partial charge in [-0.1, -0.05) is 18.2 Å². The minimum Gasteiger partial charge on any atom is -0.361 e. The van der Waals surface area contributed by atoms with Crippen LogP contribution in [0.3, 0.4) is 0 Å². The fourth-order valence-electron chi connectivity index (χ4n) is 2.81. The van der Waals surface area contributed by atoms with Crippen LogP contribution in [-0.2, 0) is 6.54 Å². The molecule has 0 aliphatic carbocycles. The Morgan fingerprint density at radius 2 is 2.21 bits per heavy atom. The molecule has 96 valence electrons. The number of nitrogens with zero attached hydrogens (tertiary/aromatic N) is 2. The molecule has 0 spiro atoms. The minimum absolute atomic E-state index is 0.636. The van der Waals surface area contributed by atoms with E-state index in [4.69, 9.17) is 0 Å². The smallest absolute Gasteiger partial charge is 0.0794 e. The Balaban J connectivity index is 1.46. The third-order valence-corrected chi connectivity index (χ3v) is 4.50. The average molecular weight is 269 g/mol. The number of aromatic nitrogens is 2. The Kier molecular flexibility index (Phi) is 2.64. The van der Waals surface area contributed by atoms with Crippen molar-refractivity contribution in [1.82, 2.24) is 14.9 Å². The summed E-state index contributed by atoms with van der Waals surface area (Å²) < 4.78 is 0. The van der Waals surface area contributed by atoms with Crippen molar-refractivity contribution in [2.24, 2.45) is 0 Å². The lowest BCUT2D eigenvalue weighted by Gasteiger charge is -2.38. The maximum absolute atomic E-state index is 4.41. The van der Waals surface area contributed by atoms with Crippen LogP contribution in [0.15, 0.2) is 41.4 Å². The first-order valence-electron chi connectivity index (χ1n) is 6.55. The standard InChI is InChI=1S/C15H15N3S/c1-2-4-14-13(3-1)11(5-16-14)6-18-7-12(8-18)15-9-19-10-17-15/h1-5,9-10,12,16H,6-8H2. The molecular weight excluding hydrogens is 254 g/mol. The molecule has 1 saturated heterocycles. The Labute approximate surface area is 115 Å². The molecule has 0 amide bonds. The average Bonchev–Trinajstić information content (AvgIpc) is 3.03. The van der Waals surface area contributed by atoms with E-state index >= 15 is 0 Å². The Bertz CT molecular complexity index is 680. The van der Waals surface area contributed by atoms with E-state index in [1.54, 1.807) is 11.3 Å². The second kappa shape index (κ2) is 4.47. The lowest BCUT2D eigenvalue weighted by Crippen LogP contribution is -2.44. The van der Waals surface area contributed by atoms with Crippen LogP contribution in [0.25, 0.3) is 10.9 Å². The van der Waals surface area contributed by atoms with E-state index in [-0.39, 0.29) is 0 Å². The van der Waals surface area contributed by atoms with Gasteiger partial charge < -0.3 is 4.98 Å². The van der Waals surface area contributed by atoms with E-state index in [0.717, 1.165) is 19.6 Å². The van der Waals surface area contributed by atoms with Gasteiger partial charge >= 0.3 is 0 Å². The molecule has 0 bridgehead atoms. The first-order chi connectivity index (χ1) is 9.40. The summed E-state index contributed by atoms with van der Waals surface area (Å²) in [5, 5.41) is 3.52. The monoisotopic (exact) mass is 269 g/mol. The van der Waals surface area contributed by atoms with Gasteiger partial charge in [-0.15, -0.1) is 11.3 Å². The molecule has 0 radical (unpaired) electrons. The maximum atomic E-state index is 4.41. The van der Waals surface area contributed by atoms with Gasteiger partial charge in [-0.2, -0.15) is 0 Å². The van der Waals surface area contributed by atoms with Crippen molar-refractivity contribution in [2.45, 2.75) is 12.5 Å². The molecule has 1 aliphatic rings. The molecule has 1 fully saturated rings. The lowest BCUT2D eigenvalue weighted by molar-refractivity contribution is 0.138. The van der Waals surface area contributed by atoms with E-state index in [1.807, 2.05) is 5.51 Å². The normalized spacial score (nSPS) is 16.8. The summed E-state index contributed by atoms with van der Waals surface area (Å²) in [5.74, 6) is 0.636. The van der Waals surface area contributed by atoms with Gasteiger partial charge in [0.25, 0.3) is 0 Å². The molecule has 1 aromatic carbocycles. The Hall–Kier alpha value is -1.65. The first kappa shape index (κ1) is 11.2. The van der Waals surface area contributed by atoms with Gasteiger partial charge in [0.2, 0.25) is 0 Å². The van der Waals surface area contributed by atoms with Crippen molar-refractivity contribution in [2.75, 3.05) is 13.1 Å². The van der Waals surface area contributed by atoms with Gasteiger partial charge in [-0.05, 0) is 11.6 Å². The summed E-state index contributed by atoms with van der Waals surface area (Å²) in [6, 6.07) is 8.50. The summed E-state index contributed by atoms with van der Waals surface area (Å²) in [4.78, 5) is 10.2. The highest BCUT2D eigenvalue weighted by atomic mass is 32.1. The second-order valence-corrected chi connectivity index (χ2v) is 5.88. The number of thiazole rings is 1. The largest absolute Gasteiger partial charge is 0.361 e. The van der Waals surface area contributed by atoms with E-state index < -0.39 is 0 Å². The molecule has 4 heteroatoms. The van der Waals surface area contributed by atoms with Gasteiger partial charge in [0, 0.05) is 48.0 Å². The van der Waals surface area contributed by atoms with Crippen LogP contribution < -0.4 is 0 Å². The highest BCUT2D eigenvalue weighted by Gasteiger charge is 2.29. The lowest BCUT2D eigenvalue weighted by atomic mass is 9.96. The van der Waals surface area contributed by atoms with Crippen LogP contribution in [0.1, 0.15) is 17.2 Å². The van der Waals surface area contributed by atoms with Crippen LogP contribution in [0.4, 0.5) is 0 Å². The molecule has 0 atom stereocenters. The number of nitrogens with one attached hydrogen (secondary N) is 1. The van der Waals surface area contributed by atoms with Crippen molar-refractivity contribution in [3.63, 3.8) is 0 Å². The zero-order valence-corrected chi connectivity index (χ0v) is 11.4. The van der Waals surface area contributed by atoms with Crippen molar-refractivity contribution < 1.29 is 0 Å². The Morgan fingerprint density at radius 1 is 1.32 bits per heavy atom. The zero-order chi connectivity index (χ0) is 12.7. The number of hydrogen-bond acceptors (Lipinski definition) is 3. The predicted octanol–water partition coefficient (Wildman–Crippen LogP) is 3.22. The predicted molar refractivity (Wildman–Crippen MR) is 78.4 cm³/mol. The highest BCUT2D eigenvalue weighted by Crippen LogP contribution is 2.29. The van der Waals surface area contributed by atoms with Gasteiger partial charge in [0.1, 0.15) is 0 Å². The molecule has 3 nitrogen and oxygen atoms in total. The number of H-pyrrole nitrogens is 1. The summed E-state index contributed by atoms with van der Waals surface area (Å²) in [6.45, 7) is 3.29. The van der Waals surface area contributed by atoms with Crippen molar-refractivity contribution in [3.05, 3.63) is 52.6 Å². The maximum Gasteiger partial charge on any atom is 0.0794 e. The number of rotatable bonds is 3. The SMILES string of the molecule is c1ccc2c(CN3CC(c4cscn4)C3)c[nH]c2c1. The minimum atomic E-state index is 0.636. The Morgan fingerprint density at radius 3 is 3.05 bits per heavy atom. The highest BCUT2D eigenvalue weighted by molar-refractivity contribution is 7.07. The van der Waals surface area contributed by atoms with Crippen LogP contribution in [0.2, 0.25) is 0 Å². The van der Waals surface area contributed by atoms with E-state index in [9.17, 15) is 0 Å². The number of aromatic amines is 1. The fraction of sp³-hybridized carbons (Fsp3) is 0.267. The topological polar surface area (TPSA) is 31.9 Å². The summed E-state index contributed by atoms with van der Waals surface area (Å²) >= 11 is 1.69. The van der Waals surface area contributed by atoms with Crippen molar-refractivity contribution >= 4 is 22.2 Å². The molecule has 0 unspecified atom stereocenters. The van der Waals surface area contributed by atoms with Crippen LogP contribution in [0, 0.1) is 0 Å². The fourth-order valence-corrected chi connectivity index (χ4v) is 3.45. The summed E-state index contributed by atoms with van der Waals surface area (Å²) in [7, 11) is 0. The third-order valence-electron chi connectivity index (χ3n) is 3.90. The van der Waals surface area contributed by atoms with E-state index in [0.29, 0.717) is 5.92 Å². The molecule has 4 rings (SSSR count). The molecule has 0 saturated carbocycles. The van der Waals surface area contributed by atoms with E-state index in [1.165, 1.54) is 22.2 Å². The first-order valence-corrected chi connectivity index (χ1v) is 7.50. The third kappa shape index (κ3) is 1.97. The van der Waals surface area contributed by atoms with Crippen molar-refractivity contribution in [3.8, 4) is 0 Å². The molecule has 3 aromatic rings.